The van der Waals surface area contributed by atoms with E-state index in [4.69, 9.17) is 4.74 Å². The van der Waals surface area contributed by atoms with Crippen molar-refractivity contribution >= 4 is 27.2 Å². The second kappa shape index (κ2) is 5.97. The highest BCUT2D eigenvalue weighted by Crippen LogP contribution is 2.33. The average Bonchev–Trinajstić information content (AvgIpc) is 2.70. The predicted octanol–water partition coefficient (Wildman–Crippen LogP) is 2.83. The third kappa shape index (κ3) is 3.61. The van der Waals surface area contributed by atoms with Gasteiger partial charge in [0.15, 0.2) is 0 Å². The third-order valence-electron chi connectivity index (χ3n) is 3.15. The van der Waals surface area contributed by atoms with Crippen LogP contribution in [-0.4, -0.2) is 47.2 Å². The maximum atomic E-state index is 10.8. The van der Waals surface area contributed by atoms with Gasteiger partial charge in [0.25, 0.3) is 0 Å². The average molecular weight is 294 g/mol. The van der Waals surface area contributed by atoms with Gasteiger partial charge in [-0.05, 0) is 43.9 Å². The van der Waals surface area contributed by atoms with Crippen LogP contribution in [0, 0.1) is 6.92 Å². The number of nitrogens with zero attached hydrogens (tertiary/aromatic N) is 2. The van der Waals surface area contributed by atoms with Crippen LogP contribution in [0.4, 0.5) is 0 Å². The Labute approximate surface area is 121 Å². The number of ether oxygens (including phenoxy) is 1. The topological polar surface area (TPSA) is 44.1 Å². The maximum absolute atomic E-state index is 10.8. The van der Waals surface area contributed by atoms with Crippen molar-refractivity contribution in [3.8, 4) is 0 Å². The molecule has 1 aromatic heterocycles. The number of hydrogen-bond donors (Lipinski definition) is 0. The number of rotatable bonds is 6. The lowest BCUT2D eigenvalue weighted by Gasteiger charge is -2.24. The molecule has 0 aliphatic heterocycles. The van der Waals surface area contributed by atoms with E-state index in [1.54, 1.807) is 0 Å². The fraction of sp³-hybridized carbons (Fsp3) is 0.467. The second-order valence-corrected chi connectivity index (χ2v) is 10.4. The summed E-state index contributed by atoms with van der Waals surface area (Å²) in [6, 6.07) is 5.62. The monoisotopic (exact) mass is 294 g/mol. The Hall–Kier alpha value is -1.33. The molecule has 5 heteroatoms. The van der Waals surface area contributed by atoms with E-state index in [0.717, 1.165) is 35.2 Å². The summed E-state index contributed by atoms with van der Waals surface area (Å²) in [5, 5.41) is 5.50. The maximum Gasteiger partial charge on any atom is 0.150 e. The molecule has 2 aromatic rings. The van der Waals surface area contributed by atoms with E-state index in [-0.39, 0.29) is 0 Å². The van der Waals surface area contributed by atoms with Gasteiger partial charge in [-0.25, -0.2) is 14.7 Å². The van der Waals surface area contributed by atoms with E-state index < -0.39 is 10.0 Å². The van der Waals surface area contributed by atoms with Gasteiger partial charge in [0.05, 0.1) is 17.8 Å². The molecule has 0 spiro atoms. The Kier molecular flexibility index (Phi) is 4.50. The van der Waals surface area contributed by atoms with E-state index >= 15 is 0 Å². The molecule has 0 saturated heterocycles. The van der Waals surface area contributed by atoms with Crippen LogP contribution in [0.25, 0.3) is 10.9 Å². The highest BCUT2D eigenvalue weighted by atomic mass is 32.3. The molecule has 20 heavy (non-hydrogen) atoms. The van der Waals surface area contributed by atoms with Gasteiger partial charge in [-0.3, -0.25) is 4.79 Å². The molecule has 0 fully saturated rings. The molecule has 0 atom stereocenters. The fourth-order valence-electron chi connectivity index (χ4n) is 1.99. The molecular formula is C15H22N2O2S. The molecule has 0 bridgehead atoms. The van der Waals surface area contributed by atoms with Gasteiger partial charge in [0.2, 0.25) is 0 Å². The van der Waals surface area contributed by atoms with Crippen LogP contribution in [0.5, 0.6) is 0 Å². The molecule has 0 saturated carbocycles. The van der Waals surface area contributed by atoms with Gasteiger partial charge in [-0.2, -0.15) is 5.10 Å². The minimum atomic E-state index is -0.518. The molecule has 4 nitrogen and oxygen atoms in total. The lowest BCUT2D eigenvalue weighted by Crippen LogP contribution is -2.10. The molecule has 1 heterocycles. The normalized spacial score (nSPS) is 12.8. The zero-order chi connectivity index (χ0) is 14.8. The Morgan fingerprint density at radius 3 is 2.75 bits per heavy atom. The molecule has 110 valence electrons. The Balaban J connectivity index is 2.09. The summed E-state index contributed by atoms with van der Waals surface area (Å²) >= 11 is 0. The lowest BCUT2D eigenvalue weighted by atomic mass is 10.1. The van der Waals surface area contributed by atoms with Crippen LogP contribution in [0.2, 0.25) is 0 Å². The molecule has 0 unspecified atom stereocenters. The summed E-state index contributed by atoms with van der Waals surface area (Å²) in [6.45, 7) is 3.17. The van der Waals surface area contributed by atoms with E-state index in [1.807, 2.05) is 29.8 Å². The smallest absolute Gasteiger partial charge is 0.150 e. The Morgan fingerprint density at radius 2 is 2.10 bits per heavy atom. The summed E-state index contributed by atoms with van der Waals surface area (Å²) in [5.41, 5.74) is 2.61. The highest BCUT2D eigenvalue weighted by Gasteiger charge is 2.09. The minimum absolute atomic E-state index is 0.459. The van der Waals surface area contributed by atoms with Crippen molar-refractivity contribution in [2.24, 2.45) is 0 Å². The quantitative estimate of drug-likeness (QED) is 0.608. The van der Waals surface area contributed by atoms with Crippen LogP contribution in [0.15, 0.2) is 18.2 Å². The number of aromatic nitrogens is 2. The van der Waals surface area contributed by atoms with E-state index in [9.17, 15) is 4.79 Å². The molecule has 1 aromatic carbocycles. The summed E-state index contributed by atoms with van der Waals surface area (Å²) in [6.07, 6.45) is 7.71. The minimum Gasteiger partial charge on any atom is -0.358 e. The van der Waals surface area contributed by atoms with Crippen LogP contribution in [0.1, 0.15) is 16.1 Å². The van der Waals surface area contributed by atoms with Crippen LogP contribution in [0.3, 0.4) is 0 Å². The number of hydrogen-bond acceptors (Lipinski definition) is 3. The van der Waals surface area contributed by atoms with Gasteiger partial charge in [0.1, 0.15) is 13.0 Å². The van der Waals surface area contributed by atoms with E-state index in [0.29, 0.717) is 12.3 Å². The molecule has 0 amide bonds. The first-order chi connectivity index (χ1) is 9.40. The van der Waals surface area contributed by atoms with Gasteiger partial charge in [-0.15, -0.1) is 0 Å². The first kappa shape index (κ1) is 15.1. The standard InChI is InChI=1S/C15H22N2O2S/c1-12-14-9-13(10-18)5-6-15(14)17(16-12)11-19-7-8-20(2,3)4/h5-6,9-10H,7-8,11H2,1-4H3. The van der Waals surface area contributed by atoms with E-state index in [1.165, 1.54) is 0 Å². The first-order valence-electron chi connectivity index (χ1n) is 6.57. The van der Waals surface area contributed by atoms with Gasteiger partial charge in [0, 0.05) is 16.7 Å². The third-order valence-corrected chi connectivity index (χ3v) is 4.54. The van der Waals surface area contributed by atoms with Crippen LogP contribution < -0.4 is 0 Å². The van der Waals surface area contributed by atoms with Crippen LogP contribution in [-0.2, 0) is 11.5 Å². The van der Waals surface area contributed by atoms with Crippen molar-refractivity contribution in [2.45, 2.75) is 13.7 Å². The molecule has 2 rings (SSSR count). The number of benzene rings is 1. The number of aldehydes is 1. The van der Waals surface area contributed by atoms with Gasteiger partial charge >= 0.3 is 0 Å². The van der Waals surface area contributed by atoms with Crippen molar-refractivity contribution in [2.75, 3.05) is 31.1 Å². The fourth-order valence-corrected chi connectivity index (χ4v) is 2.61. The SMILES string of the molecule is Cc1nn(COCCS(C)(C)C)c2ccc(C=O)cc12. The van der Waals surface area contributed by atoms with Crippen molar-refractivity contribution in [1.29, 1.82) is 0 Å². The molecule has 0 radical (unpaired) electrons. The second-order valence-electron chi connectivity index (χ2n) is 5.81. The Bertz CT molecular complexity index is 614. The molecule has 0 N–H and O–H groups in total. The van der Waals surface area contributed by atoms with Crippen molar-refractivity contribution in [3.63, 3.8) is 0 Å². The summed E-state index contributed by atoms with van der Waals surface area (Å²) in [5.74, 6) is 1.10. The van der Waals surface area contributed by atoms with Crippen molar-refractivity contribution in [1.82, 2.24) is 9.78 Å². The highest BCUT2D eigenvalue weighted by molar-refractivity contribution is 8.32. The van der Waals surface area contributed by atoms with Gasteiger partial charge in [-0.1, -0.05) is 0 Å². The first-order valence-corrected chi connectivity index (χ1v) is 9.59. The predicted molar refractivity (Wildman–Crippen MR) is 86.0 cm³/mol. The zero-order valence-electron chi connectivity index (χ0n) is 12.5. The van der Waals surface area contributed by atoms with E-state index in [2.05, 4.69) is 23.9 Å². The summed E-state index contributed by atoms with van der Waals surface area (Å²) in [7, 11) is -0.518. The molecule has 0 aliphatic carbocycles. The van der Waals surface area contributed by atoms with Crippen molar-refractivity contribution < 1.29 is 9.53 Å². The number of carbonyl (C=O) groups is 1. The summed E-state index contributed by atoms with van der Waals surface area (Å²) in [4.78, 5) is 10.8. The van der Waals surface area contributed by atoms with Crippen molar-refractivity contribution in [3.05, 3.63) is 29.5 Å². The van der Waals surface area contributed by atoms with Gasteiger partial charge < -0.3 is 4.74 Å². The summed E-state index contributed by atoms with van der Waals surface area (Å²) < 4.78 is 7.58. The zero-order valence-corrected chi connectivity index (χ0v) is 13.4. The Morgan fingerprint density at radius 1 is 1.35 bits per heavy atom. The largest absolute Gasteiger partial charge is 0.358 e. The number of fused-ring (bicyclic) bond motifs is 1. The molecular weight excluding hydrogens is 272 g/mol. The number of carbonyl (C=O) groups excluding carboxylic acids is 1. The number of aryl methyl sites for hydroxylation is 1. The lowest BCUT2D eigenvalue weighted by molar-refractivity contribution is 0.0838. The molecule has 0 aliphatic rings. The van der Waals surface area contributed by atoms with Crippen LogP contribution >= 0.6 is 10.0 Å².